The smallest absolute Gasteiger partial charge is 0.258 e. The van der Waals surface area contributed by atoms with Gasteiger partial charge in [0.25, 0.3) is 5.91 Å². The number of para-hydroxylation sites is 1. The molecule has 0 bridgehead atoms. The number of nitrogens with zero attached hydrogens (tertiary/aromatic N) is 2. The molecule has 0 aromatic heterocycles. The average molecular weight is 363 g/mol. The van der Waals surface area contributed by atoms with Gasteiger partial charge in [-0.2, -0.15) is 5.10 Å². The molecule has 22 heavy (non-hydrogen) atoms. The van der Waals surface area contributed by atoms with Crippen molar-refractivity contribution in [1.29, 1.82) is 0 Å². The number of alkyl halides is 3. The van der Waals surface area contributed by atoms with E-state index >= 15 is 0 Å². The number of hydrogen-bond donors (Lipinski definition) is 1. The molecule has 5 nitrogen and oxygen atoms in total. The summed E-state index contributed by atoms with van der Waals surface area (Å²) in [5.74, 6) is -1.58. The molecule has 1 N–H and O–H groups in total. The summed E-state index contributed by atoms with van der Waals surface area (Å²) < 4.78 is -1.84. The molecule has 2 atom stereocenters. The van der Waals surface area contributed by atoms with Crippen LogP contribution in [0.25, 0.3) is 0 Å². The summed E-state index contributed by atoms with van der Waals surface area (Å²) in [5, 5.41) is 8.02. The van der Waals surface area contributed by atoms with E-state index in [1.54, 1.807) is 31.2 Å². The van der Waals surface area contributed by atoms with Gasteiger partial charge in [0.1, 0.15) is 5.92 Å². The van der Waals surface area contributed by atoms with E-state index in [4.69, 9.17) is 34.8 Å². The molecule has 1 heterocycles. The number of carbonyl (C=O) groups is 2. The van der Waals surface area contributed by atoms with Crippen molar-refractivity contribution in [3.05, 3.63) is 30.3 Å². The van der Waals surface area contributed by atoms with Gasteiger partial charge in [0.15, 0.2) is 0 Å². The lowest BCUT2D eigenvalue weighted by atomic mass is 9.95. The highest BCUT2D eigenvalue weighted by molar-refractivity contribution is 6.68. The molecule has 118 valence electrons. The third-order valence-electron chi connectivity index (χ3n) is 3.23. The first kappa shape index (κ1) is 17.1. The van der Waals surface area contributed by atoms with Crippen LogP contribution in [0.1, 0.15) is 13.8 Å². The van der Waals surface area contributed by atoms with E-state index in [1.165, 1.54) is 11.9 Å². The quantitative estimate of drug-likeness (QED) is 0.840. The molecular weight excluding hydrogens is 349 g/mol. The van der Waals surface area contributed by atoms with Gasteiger partial charge in [-0.25, -0.2) is 5.01 Å². The second-order valence-corrected chi connectivity index (χ2v) is 7.29. The Kier molecular flexibility index (Phi) is 5.00. The minimum atomic E-state index is -1.84. The van der Waals surface area contributed by atoms with E-state index in [2.05, 4.69) is 10.4 Å². The lowest BCUT2D eigenvalue weighted by Gasteiger charge is -2.29. The zero-order chi connectivity index (χ0) is 16.5. The van der Waals surface area contributed by atoms with E-state index in [-0.39, 0.29) is 5.91 Å². The third kappa shape index (κ3) is 3.54. The van der Waals surface area contributed by atoms with Gasteiger partial charge < -0.3 is 5.32 Å². The van der Waals surface area contributed by atoms with Crippen molar-refractivity contribution in [3.63, 3.8) is 0 Å². The summed E-state index contributed by atoms with van der Waals surface area (Å²) in [6, 6.07) is 7.92. The van der Waals surface area contributed by atoms with E-state index in [1.807, 2.05) is 6.07 Å². The van der Waals surface area contributed by atoms with Crippen LogP contribution < -0.4 is 10.3 Å². The fraction of sp³-hybridized carbons (Fsp3) is 0.357. The van der Waals surface area contributed by atoms with Crippen molar-refractivity contribution in [2.24, 2.45) is 11.0 Å². The van der Waals surface area contributed by atoms with Crippen molar-refractivity contribution < 1.29 is 9.59 Å². The number of nitrogens with one attached hydrogen (secondary N) is 1. The number of anilines is 1. The Hall–Kier alpha value is -1.30. The molecule has 0 aliphatic carbocycles. The largest absolute Gasteiger partial charge is 0.348 e. The van der Waals surface area contributed by atoms with E-state index < -0.39 is 21.7 Å². The Morgan fingerprint density at radius 1 is 1.32 bits per heavy atom. The number of carbonyl (C=O) groups excluding carboxylic acids is 2. The topological polar surface area (TPSA) is 61.8 Å². The molecule has 0 saturated carbocycles. The predicted molar refractivity (Wildman–Crippen MR) is 88.4 cm³/mol. The monoisotopic (exact) mass is 361 g/mol. The van der Waals surface area contributed by atoms with Gasteiger partial charge in [0, 0.05) is 6.92 Å². The number of rotatable bonds is 3. The van der Waals surface area contributed by atoms with Gasteiger partial charge in [0.05, 0.1) is 17.4 Å². The van der Waals surface area contributed by atoms with Crippen LogP contribution >= 0.6 is 34.8 Å². The Morgan fingerprint density at radius 3 is 2.41 bits per heavy atom. The van der Waals surface area contributed by atoms with Gasteiger partial charge in [-0.05, 0) is 19.1 Å². The van der Waals surface area contributed by atoms with Crippen molar-refractivity contribution >= 4 is 58.0 Å². The van der Waals surface area contributed by atoms with Crippen LogP contribution in [0.2, 0.25) is 0 Å². The summed E-state index contributed by atoms with van der Waals surface area (Å²) in [6.45, 7) is 2.96. The van der Waals surface area contributed by atoms with Gasteiger partial charge in [-0.1, -0.05) is 53.0 Å². The number of amides is 2. The van der Waals surface area contributed by atoms with Crippen molar-refractivity contribution in [2.75, 3.05) is 5.01 Å². The molecule has 1 aliphatic rings. The van der Waals surface area contributed by atoms with Crippen LogP contribution in [-0.4, -0.2) is 27.4 Å². The van der Waals surface area contributed by atoms with Crippen LogP contribution in [-0.2, 0) is 9.59 Å². The molecule has 1 aromatic rings. The van der Waals surface area contributed by atoms with Crippen LogP contribution in [0.3, 0.4) is 0 Å². The molecule has 0 unspecified atom stereocenters. The molecule has 0 saturated heterocycles. The molecule has 1 aliphatic heterocycles. The first-order valence-corrected chi connectivity index (χ1v) is 7.63. The van der Waals surface area contributed by atoms with E-state index in [0.717, 1.165) is 0 Å². The van der Waals surface area contributed by atoms with Crippen LogP contribution in [0, 0.1) is 5.92 Å². The molecule has 0 spiro atoms. The molecule has 0 fully saturated rings. The Labute approximate surface area is 143 Å². The number of halogens is 3. The molecular formula is C14H14Cl3N3O2. The highest BCUT2D eigenvalue weighted by Gasteiger charge is 2.48. The third-order valence-corrected chi connectivity index (χ3v) is 3.93. The number of hydrogen-bond acceptors (Lipinski definition) is 3. The fourth-order valence-electron chi connectivity index (χ4n) is 2.29. The van der Waals surface area contributed by atoms with Gasteiger partial charge >= 0.3 is 0 Å². The minimum Gasteiger partial charge on any atom is -0.348 e. The SMILES string of the molecule is CC(=O)N[C@@H]([C@@H]1C(=O)N(c2ccccc2)N=C1C)C(Cl)(Cl)Cl. The van der Waals surface area contributed by atoms with Gasteiger partial charge in [-0.15, -0.1) is 0 Å². The molecule has 2 amide bonds. The Balaban J connectivity index is 2.34. The number of hydrazone groups is 1. The summed E-state index contributed by atoms with van der Waals surface area (Å²) in [5.41, 5.74) is 1.08. The minimum absolute atomic E-state index is 0.353. The summed E-state index contributed by atoms with van der Waals surface area (Å²) in [6.07, 6.45) is 0. The van der Waals surface area contributed by atoms with E-state index in [0.29, 0.717) is 11.4 Å². The predicted octanol–water partition coefficient (Wildman–Crippen LogP) is 2.90. The Bertz CT molecular complexity index is 614. The van der Waals surface area contributed by atoms with Crippen LogP contribution in [0.5, 0.6) is 0 Å². The van der Waals surface area contributed by atoms with Crippen molar-refractivity contribution in [2.45, 2.75) is 23.7 Å². The highest BCUT2D eigenvalue weighted by Crippen LogP contribution is 2.37. The average Bonchev–Trinajstić information content (AvgIpc) is 2.71. The lowest BCUT2D eigenvalue weighted by molar-refractivity contribution is -0.122. The molecule has 2 rings (SSSR count). The van der Waals surface area contributed by atoms with Crippen LogP contribution in [0.4, 0.5) is 5.69 Å². The lowest BCUT2D eigenvalue weighted by Crippen LogP contribution is -2.52. The second kappa shape index (κ2) is 6.44. The molecule has 8 heteroatoms. The van der Waals surface area contributed by atoms with E-state index in [9.17, 15) is 9.59 Å². The molecule has 1 aromatic carbocycles. The van der Waals surface area contributed by atoms with Crippen LogP contribution in [0.15, 0.2) is 35.4 Å². The first-order chi connectivity index (χ1) is 10.2. The van der Waals surface area contributed by atoms with Crippen molar-refractivity contribution in [1.82, 2.24) is 5.32 Å². The van der Waals surface area contributed by atoms with Gasteiger partial charge in [-0.3, -0.25) is 9.59 Å². The zero-order valence-corrected chi connectivity index (χ0v) is 14.2. The maximum absolute atomic E-state index is 12.7. The van der Waals surface area contributed by atoms with Crippen molar-refractivity contribution in [3.8, 4) is 0 Å². The second-order valence-electron chi connectivity index (χ2n) is 4.92. The summed E-state index contributed by atoms with van der Waals surface area (Å²) >= 11 is 17.8. The summed E-state index contributed by atoms with van der Waals surface area (Å²) in [7, 11) is 0. The standard InChI is InChI=1S/C14H14Cl3N3O2/c1-8-11(12(14(15,16)17)18-9(2)21)13(22)20(19-8)10-6-4-3-5-7-10/h3-7,11-12H,1-2H3,(H,18,21)/t11-,12+/m1/s1. The normalized spacial score (nSPS) is 19.9. The maximum atomic E-state index is 12.7. The first-order valence-electron chi connectivity index (χ1n) is 6.49. The Morgan fingerprint density at radius 2 is 1.91 bits per heavy atom. The summed E-state index contributed by atoms with van der Waals surface area (Å²) in [4.78, 5) is 24.0. The zero-order valence-electron chi connectivity index (χ0n) is 11.9. The maximum Gasteiger partial charge on any atom is 0.258 e. The van der Waals surface area contributed by atoms with Gasteiger partial charge in [0.2, 0.25) is 9.70 Å². The molecule has 0 radical (unpaired) electrons. The fourth-order valence-corrected chi connectivity index (χ4v) is 2.83. The highest BCUT2D eigenvalue weighted by atomic mass is 35.6. The number of benzene rings is 1.